The van der Waals surface area contributed by atoms with E-state index in [0.717, 1.165) is 6.07 Å². The molecule has 0 spiro atoms. The molecule has 232 valence electrons. The number of ether oxygens (including phenoxy) is 1. The smallest absolute Gasteiger partial charge is 0.416 e. The second-order valence-electron chi connectivity index (χ2n) is 10.3. The first-order valence-electron chi connectivity index (χ1n) is 13.3. The van der Waals surface area contributed by atoms with Gasteiger partial charge in [0.2, 0.25) is 5.91 Å². The highest BCUT2D eigenvalue weighted by atomic mass is 32.2. The van der Waals surface area contributed by atoms with Gasteiger partial charge in [-0.3, -0.25) is 19.1 Å². The number of esters is 1. The molecule has 0 bridgehead atoms. The molecule has 2 amide bonds. The molecule has 0 atom stereocenters. The Morgan fingerprint density at radius 1 is 1.09 bits per heavy atom. The molecule has 15 heteroatoms. The van der Waals surface area contributed by atoms with Gasteiger partial charge in [0.05, 0.1) is 52.9 Å². The van der Waals surface area contributed by atoms with Crippen molar-refractivity contribution in [3.63, 3.8) is 0 Å². The van der Waals surface area contributed by atoms with Crippen LogP contribution in [0, 0.1) is 11.8 Å². The van der Waals surface area contributed by atoms with E-state index in [-0.39, 0.29) is 42.3 Å². The lowest BCUT2D eigenvalue weighted by molar-refractivity contribution is -0.144. The van der Waals surface area contributed by atoms with Gasteiger partial charge in [-0.25, -0.2) is 4.99 Å². The summed E-state index contributed by atoms with van der Waals surface area (Å²) in [7, 11) is 1.27. The largest absolute Gasteiger partial charge is 0.469 e. The molecule has 8 nitrogen and oxygen atoms in total. The van der Waals surface area contributed by atoms with E-state index in [1.165, 1.54) is 29.8 Å². The summed E-state index contributed by atoms with van der Waals surface area (Å²) in [5, 5.41) is 8.00. The van der Waals surface area contributed by atoms with Crippen LogP contribution in [0.1, 0.15) is 41.5 Å². The summed E-state index contributed by atoms with van der Waals surface area (Å²) in [5.41, 5.74) is -2.07. The Morgan fingerprint density at radius 3 is 2.52 bits per heavy atom. The van der Waals surface area contributed by atoms with Crippen molar-refractivity contribution in [3.8, 4) is 0 Å². The van der Waals surface area contributed by atoms with Crippen LogP contribution in [-0.4, -0.2) is 46.3 Å². The Labute approximate surface area is 250 Å². The van der Waals surface area contributed by atoms with Crippen molar-refractivity contribution in [2.75, 3.05) is 13.7 Å². The summed E-state index contributed by atoms with van der Waals surface area (Å²) < 4.78 is 85.7. The Hall–Kier alpha value is -4.14. The number of halogens is 6. The monoisotopic (exact) mass is 638 g/mol. The first-order valence-corrected chi connectivity index (χ1v) is 14.1. The lowest BCUT2D eigenvalue weighted by Gasteiger charge is -2.33. The lowest BCUT2D eigenvalue weighted by Crippen LogP contribution is -2.41. The van der Waals surface area contributed by atoms with E-state index in [1.807, 2.05) is 0 Å². The number of carbonyl (C=O) groups is 3. The molecule has 1 aliphatic carbocycles. The molecular formula is C29H24F6N4O4S. The summed E-state index contributed by atoms with van der Waals surface area (Å²) in [5.74, 6) is -1.29. The molecule has 5 rings (SSSR count). The Kier molecular flexibility index (Phi) is 8.60. The van der Waals surface area contributed by atoms with Crippen LogP contribution in [0.25, 0.3) is 17.0 Å². The van der Waals surface area contributed by atoms with E-state index in [9.17, 15) is 40.7 Å². The van der Waals surface area contributed by atoms with Crippen molar-refractivity contribution in [2.45, 2.75) is 38.2 Å². The molecule has 44 heavy (non-hydrogen) atoms. The third-order valence-electron chi connectivity index (χ3n) is 7.38. The number of fused-ring (bicyclic) bond motifs is 1. The van der Waals surface area contributed by atoms with E-state index in [2.05, 4.69) is 20.1 Å². The molecule has 1 saturated carbocycles. The minimum atomic E-state index is -5.00. The Balaban J connectivity index is 1.24. The number of methoxy groups -OCH3 is 1. The number of hydrogen-bond donors (Lipinski definition) is 1. The average molecular weight is 639 g/mol. The van der Waals surface area contributed by atoms with Gasteiger partial charge in [-0.15, -0.1) is 0 Å². The number of amides is 2. The molecule has 2 aromatic carbocycles. The minimum absolute atomic E-state index is 0.0429. The average Bonchev–Trinajstić information content (AvgIpc) is 3.49. The van der Waals surface area contributed by atoms with Crippen molar-refractivity contribution in [1.82, 2.24) is 15.1 Å². The predicted octanol–water partition coefficient (Wildman–Crippen LogP) is 5.84. The highest BCUT2D eigenvalue weighted by Crippen LogP contribution is 2.43. The second kappa shape index (κ2) is 12.1. The first-order chi connectivity index (χ1) is 20.7. The highest BCUT2D eigenvalue weighted by molar-refractivity contribution is 8.18. The van der Waals surface area contributed by atoms with Crippen LogP contribution in [0.2, 0.25) is 0 Å². The second-order valence-corrected chi connectivity index (χ2v) is 11.4. The molecule has 1 aliphatic heterocycles. The van der Waals surface area contributed by atoms with Crippen LogP contribution in [0.3, 0.4) is 0 Å². The van der Waals surface area contributed by atoms with Crippen molar-refractivity contribution >= 4 is 51.6 Å². The molecular weight excluding hydrogens is 614 g/mol. The van der Waals surface area contributed by atoms with Crippen LogP contribution in [0.4, 0.5) is 26.3 Å². The number of thioether (sulfide) groups is 1. The van der Waals surface area contributed by atoms with Crippen molar-refractivity contribution < 1.29 is 45.5 Å². The zero-order valence-electron chi connectivity index (χ0n) is 23.0. The normalized spacial score (nSPS) is 19.7. The van der Waals surface area contributed by atoms with E-state index in [1.54, 1.807) is 24.3 Å². The summed E-state index contributed by atoms with van der Waals surface area (Å²) in [6, 6.07) is 6.46. The Morgan fingerprint density at radius 2 is 1.84 bits per heavy atom. The number of benzene rings is 2. The number of rotatable bonds is 8. The van der Waals surface area contributed by atoms with Crippen molar-refractivity contribution in [1.29, 1.82) is 0 Å². The number of nitrogens with one attached hydrogen (secondary N) is 1. The number of nitrogens with zero attached hydrogens (tertiary/aromatic N) is 3. The maximum atomic E-state index is 13.6. The van der Waals surface area contributed by atoms with Gasteiger partial charge in [0, 0.05) is 23.8 Å². The van der Waals surface area contributed by atoms with Crippen LogP contribution < -0.4 is 5.32 Å². The minimum Gasteiger partial charge on any atom is -0.469 e. The molecule has 0 saturated heterocycles. The van der Waals surface area contributed by atoms with Crippen molar-refractivity contribution in [3.05, 3.63) is 69.8 Å². The molecule has 3 aromatic rings. The fraction of sp³-hybridized carbons (Fsp3) is 0.345. The van der Waals surface area contributed by atoms with Gasteiger partial charge in [-0.1, -0.05) is 23.9 Å². The van der Waals surface area contributed by atoms with E-state index < -0.39 is 41.9 Å². The SMILES string of the molecule is COC(=O)CCNC(=O)C1CC(C2=NC(=O)C(=Cc3ccc4c(cnn4Cc4ccc(C(F)(F)F)cc4C(F)(F)F)c3)S2)C1. The number of carbonyl (C=O) groups excluding carboxylic acids is 3. The summed E-state index contributed by atoms with van der Waals surface area (Å²) >= 11 is 1.22. The van der Waals surface area contributed by atoms with Gasteiger partial charge < -0.3 is 10.1 Å². The van der Waals surface area contributed by atoms with Gasteiger partial charge in [-0.05, 0) is 54.3 Å². The molecule has 2 heterocycles. The van der Waals surface area contributed by atoms with Gasteiger partial charge in [0.25, 0.3) is 5.91 Å². The standard InChI is InChI=1S/C29H24F6N4O4S/c1-43-24(40)6-7-36-25(41)17-10-18(11-17)27-38-26(42)23(44-27)9-15-2-5-22-19(8-15)13-37-39(22)14-16-3-4-20(28(30,31)32)12-21(16)29(33,34)35/h2-5,8-9,12-13,17-18H,6-7,10-11,14H2,1H3,(H,36,41). The molecule has 1 fully saturated rings. The number of hydrogen-bond acceptors (Lipinski definition) is 6. The van der Waals surface area contributed by atoms with E-state index >= 15 is 0 Å². The fourth-order valence-corrected chi connectivity index (χ4v) is 6.00. The molecule has 1 N–H and O–H groups in total. The third kappa shape index (κ3) is 6.82. The maximum absolute atomic E-state index is 13.6. The number of aromatic nitrogens is 2. The zero-order valence-corrected chi connectivity index (χ0v) is 23.8. The molecule has 0 unspecified atom stereocenters. The van der Waals surface area contributed by atoms with Gasteiger partial charge >= 0.3 is 18.3 Å². The summed E-state index contributed by atoms with van der Waals surface area (Å²) in [4.78, 5) is 40.5. The lowest BCUT2D eigenvalue weighted by atomic mass is 9.75. The quantitative estimate of drug-likeness (QED) is 0.189. The van der Waals surface area contributed by atoms with Crippen LogP contribution in [0.5, 0.6) is 0 Å². The van der Waals surface area contributed by atoms with Crippen LogP contribution in [-0.2, 0) is 38.0 Å². The van der Waals surface area contributed by atoms with Gasteiger partial charge in [-0.2, -0.15) is 31.4 Å². The topological polar surface area (TPSA) is 103 Å². The molecule has 1 aromatic heterocycles. The summed E-state index contributed by atoms with van der Waals surface area (Å²) in [6.45, 7) is -0.227. The highest BCUT2D eigenvalue weighted by Gasteiger charge is 2.41. The van der Waals surface area contributed by atoms with Gasteiger partial charge in [0.15, 0.2) is 0 Å². The van der Waals surface area contributed by atoms with Crippen LogP contribution >= 0.6 is 11.8 Å². The fourth-order valence-electron chi connectivity index (χ4n) is 4.96. The zero-order chi connectivity index (χ0) is 31.8. The third-order valence-corrected chi connectivity index (χ3v) is 8.52. The first kappa shape index (κ1) is 31.3. The Bertz CT molecular complexity index is 1690. The molecule has 0 radical (unpaired) electrons. The van der Waals surface area contributed by atoms with Crippen LogP contribution in [0.15, 0.2) is 52.5 Å². The van der Waals surface area contributed by atoms with E-state index in [0.29, 0.717) is 45.3 Å². The van der Waals surface area contributed by atoms with E-state index in [4.69, 9.17) is 0 Å². The molecule has 2 aliphatic rings. The maximum Gasteiger partial charge on any atom is 0.416 e. The predicted molar refractivity (Wildman–Crippen MR) is 149 cm³/mol. The number of alkyl halides is 6. The number of aliphatic imine (C=N–C) groups is 1. The van der Waals surface area contributed by atoms with Gasteiger partial charge in [0.1, 0.15) is 0 Å². The van der Waals surface area contributed by atoms with Crippen molar-refractivity contribution in [2.24, 2.45) is 16.8 Å². The summed E-state index contributed by atoms with van der Waals surface area (Å²) in [6.07, 6.45) is -5.74.